The highest BCUT2D eigenvalue weighted by atomic mass is 35.5. The Labute approximate surface area is 166 Å². The number of esters is 1. The first-order valence-corrected chi connectivity index (χ1v) is 8.70. The van der Waals surface area contributed by atoms with E-state index in [2.05, 4.69) is 10.3 Å². The molecule has 8 heteroatoms. The van der Waals surface area contributed by atoms with E-state index in [1.54, 1.807) is 48.7 Å². The van der Waals surface area contributed by atoms with Gasteiger partial charge in [-0.25, -0.2) is 9.78 Å². The quantitative estimate of drug-likeness (QED) is 0.624. The number of methoxy groups -OCH3 is 1. The summed E-state index contributed by atoms with van der Waals surface area (Å²) in [4.78, 5) is 28.5. The molecule has 3 aromatic rings. The van der Waals surface area contributed by atoms with Crippen LogP contribution < -0.4 is 10.1 Å². The van der Waals surface area contributed by atoms with Crippen LogP contribution in [0, 0.1) is 0 Å². The number of hydrogen-bond acceptors (Lipinski definition) is 6. The second-order valence-electron chi connectivity index (χ2n) is 5.82. The molecule has 0 aliphatic rings. The lowest BCUT2D eigenvalue weighted by molar-refractivity contribution is -0.123. The van der Waals surface area contributed by atoms with Crippen molar-refractivity contribution in [1.82, 2.24) is 4.98 Å². The number of carbonyl (C=O) groups is 2. The fourth-order valence-electron chi connectivity index (χ4n) is 2.42. The minimum Gasteiger partial charge on any atom is -0.495 e. The third kappa shape index (κ3) is 4.50. The number of aromatic nitrogens is 1. The molecule has 3 rings (SSSR count). The molecule has 144 valence electrons. The zero-order valence-corrected chi connectivity index (χ0v) is 15.9. The molecule has 1 N–H and O–H groups in total. The summed E-state index contributed by atoms with van der Waals surface area (Å²) < 4.78 is 15.6. The van der Waals surface area contributed by atoms with Crippen LogP contribution in [0.15, 0.2) is 59.5 Å². The van der Waals surface area contributed by atoms with Crippen molar-refractivity contribution < 1.29 is 23.5 Å². The number of halogens is 1. The van der Waals surface area contributed by atoms with E-state index in [1.165, 1.54) is 20.4 Å². The second kappa shape index (κ2) is 8.58. The fraction of sp³-hybridized carbons (Fsp3) is 0.150. The molecule has 1 amide bonds. The highest BCUT2D eigenvalue weighted by molar-refractivity contribution is 6.31. The minimum absolute atomic E-state index is 0.309. The number of ether oxygens (including phenoxy) is 2. The molecule has 1 unspecified atom stereocenters. The Morgan fingerprint density at radius 1 is 1.18 bits per heavy atom. The van der Waals surface area contributed by atoms with Crippen LogP contribution in [0.1, 0.15) is 17.3 Å². The van der Waals surface area contributed by atoms with Gasteiger partial charge in [-0.05, 0) is 37.3 Å². The lowest BCUT2D eigenvalue weighted by Crippen LogP contribution is -2.30. The molecule has 7 nitrogen and oxygen atoms in total. The van der Waals surface area contributed by atoms with Crippen LogP contribution in [-0.4, -0.2) is 30.1 Å². The minimum atomic E-state index is -1.02. The van der Waals surface area contributed by atoms with Crippen LogP contribution in [0.4, 0.5) is 5.69 Å². The van der Waals surface area contributed by atoms with Gasteiger partial charge in [0.25, 0.3) is 5.91 Å². The molecule has 0 saturated heterocycles. The summed E-state index contributed by atoms with van der Waals surface area (Å²) in [5.41, 5.74) is 1.47. The van der Waals surface area contributed by atoms with Crippen molar-refractivity contribution in [2.24, 2.45) is 0 Å². The number of carbonyl (C=O) groups excluding carboxylic acids is 2. The van der Waals surface area contributed by atoms with Crippen LogP contribution in [0.5, 0.6) is 5.75 Å². The van der Waals surface area contributed by atoms with Crippen molar-refractivity contribution in [1.29, 1.82) is 0 Å². The van der Waals surface area contributed by atoms with Gasteiger partial charge in [-0.2, -0.15) is 0 Å². The number of nitrogens with one attached hydrogen (secondary N) is 1. The number of nitrogens with zero attached hydrogens (tertiary/aromatic N) is 1. The molecule has 0 saturated carbocycles. The van der Waals surface area contributed by atoms with Gasteiger partial charge in [-0.15, -0.1) is 0 Å². The van der Waals surface area contributed by atoms with Gasteiger partial charge in [0, 0.05) is 10.6 Å². The molecule has 0 aliphatic carbocycles. The van der Waals surface area contributed by atoms with Gasteiger partial charge < -0.3 is 19.2 Å². The normalized spacial score (nSPS) is 11.5. The zero-order valence-electron chi connectivity index (χ0n) is 15.1. The number of rotatable bonds is 6. The van der Waals surface area contributed by atoms with Gasteiger partial charge in [-0.3, -0.25) is 4.79 Å². The molecule has 0 fully saturated rings. The molecule has 0 radical (unpaired) electrons. The predicted octanol–water partition coefficient (Wildman–Crippen LogP) is 4.19. The predicted molar refractivity (Wildman–Crippen MR) is 103 cm³/mol. The number of oxazole rings is 1. The van der Waals surface area contributed by atoms with Crippen molar-refractivity contribution in [3.8, 4) is 17.1 Å². The van der Waals surface area contributed by atoms with Crippen LogP contribution in [-0.2, 0) is 9.53 Å². The molecular weight excluding hydrogens is 384 g/mol. The standard InChI is InChI=1S/C20H17ClN2O5/c1-12(19(24)23-16-9-15(21)7-8-17(16)26-2)28-20(25)14-5-3-13(4-6-14)18-10-22-11-27-18/h3-12H,1-2H3,(H,23,24). The third-order valence-electron chi connectivity index (χ3n) is 3.91. The van der Waals surface area contributed by atoms with E-state index < -0.39 is 18.0 Å². The molecule has 1 heterocycles. The van der Waals surface area contributed by atoms with Crippen molar-refractivity contribution in [2.75, 3.05) is 12.4 Å². The van der Waals surface area contributed by atoms with E-state index in [4.69, 9.17) is 25.5 Å². The Bertz CT molecular complexity index is 971. The third-order valence-corrected chi connectivity index (χ3v) is 4.14. The van der Waals surface area contributed by atoms with Crippen molar-refractivity contribution in [2.45, 2.75) is 13.0 Å². The Kier molecular flexibility index (Phi) is 5.96. The molecular formula is C20H17ClN2O5. The molecule has 0 aliphatic heterocycles. The topological polar surface area (TPSA) is 90.7 Å². The first-order chi connectivity index (χ1) is 13.5. The van der Waals surface area contributed by atoms with E-state index in [1.807, 2.05) is 0 Å². The van der Waals surface area contributed by atoms with Gasteiger partial charge in [-0.1, -0.05) is 23.7 Å². The average molecular weight is 401 g/mol. The maximum Gasteiger partial charge on any atom is 0.338 e. The summed E-state index contributed by atoms with van der Waals surface area (Å²) >= 11 is 5.95. The largest absolute Gasteiger partial charge is 0.495 e. The lowest BCUT2D eigenvalue weighted by atomic mass is 10.1. The SMILES string of the molecule is COc1ccc(Cl)cc1NC(=O)C(C)OC(=O)c1ccc(-c2cnco2)cc1. The number of anilines is 1. The summed E-state index contributed by atoms with van der Waals surface area (Å²) in [5, 5.41) is 3.08. The summed E-state index contributed by atoms with van der Waals surface area (Å²) in [6.45, 7) is 1.48. The Morgan fingerprint density at radius 3 is 2.57 bits per heavy atom. The van der Waals surface area contributed by atoms with E-state index in [9.17, 15) is 9.59 Å². The molecule has 28 heavy (non-hydrogen) atoms. The molecule has 2 aromatic carbocycles. The lowest BCUT2D eigenvalue weighted by Gasteiger charge is -2.15. The van der Waals surface area contributed by atoms with Gasteiger partial charge in [0.2, 0.25) is 0 Å². The van der Waals surface area contributed by atoms with Crippen molar-refractivity contribution in [3.63, 3.8) is 0 Å². The highest BCUT2D eigenvalue weighted by Gasteiger charge is 2.20. The Morgan fingerprint density at radius 2 is 1.93 bits per heavy atom. The fourth-order valence-corrected chi connectivity index (χ4v) is 2.60. The van der Waals surface area contributed by atoms with Gasteiger partial charge in [0.15, 0.2) is 18.3 Å². The van der Waals surface area contributed by atoms with Gasteiger partial charge in [0.1, 0.15) is 5.75 Å². The van der Waals surface area contributed by atoms with E-state index in [0.29, 0.717) is 27.8 Å². The van der Waals surface area contributed by atoms with Crippen LogP contribution in [0.3, 0.4) is 0 Å². The van der Waals surface area contributed by atoms with Crippen molar-refractivity contribution in [3.05, 3.63) is 65.6 Å². The summed E-state index contributed by atoms with van der Waals surface area (Å²) in [7, 11) is 1.48. The van der Waals surface area contributed by atoms with Crippen LogP contribution >= 0.6 is 11.6 Å². The zero-order chi connectivity index (χ0) is 20.1. The maximum absolute atomic E-state index is 12.4. The Hall–Kier alpha value is -3.32. The van der Waals surface area contributed by atoms with Crippen molar-refractivity contribution >= 4 is 29.2 Å². The summed E-state index contributed by atoms with van der Waals surface area (Å²) in [6, 6.07) is 11.4. The number of amides is 1. The van der Waals surface area contributed by atoms with Gasteiger partial charge >= 0.3 is 5.97 Å². The summed E-state index contributed by atoms with van der Waals surface area (Å²) in [6.07, 6.45) is 1.88. The van der Waals surface area contributed by atoms with E-state index in [-0.39, 0.29) is 0 Å². The van der Waals surface area contributed by atoms with Crippen LogP contribution in [0.2, 0.25) is 5.02 Å². The first kappa shape index (κ1) is 19.4. The second-order valence-corrected chi connectivity index (χ2v) is 6.26. The number of hydrogen-bond donors (Lipinski definition) is 1. The Balaban J connectivity index is 1.63. The van der Waals surface area contributed by atoms with Crippen LogP contribution in [0.25, 0.3) is 11.3 Å². The van der Waals surface area contributed by atoms with Gasteiger partial charge in [0.05, 0.1) is 24.6 Å². The summed E-state index contributed by atoms with van der Waals surface area (Å²) in [5.74, 6) is -0.0977. The monoisotopic (exact) mass is 400 g/mol. The molecule has 0 spiro atoms. The highest BCUT2D eigenvalue weighted by Crippen LogP contribution is 2.28. The number of benzene rings is 2. The van der Waals surface area contributed by atoms with E-state index >= 15 is 0 Å². The molecule has 0 bridgehead atoms. The van der Waals surface area contributed by atoms with E-state index in [0.717, 1.165) is 5.56 Å². The molecule has 1 aromatic heterocycles. The maximum atomic E-state index is 12.4. The molecule has 1 atom stereocenters. The smallest absolute Gasteiger partial charge is 0.338 e. The average Bonchev–Trinajstić information content (AvgIpc) is 3.23. The first-order valence-electron chi connectivity index (χ1n) is 8.32.